The van der Waals surface area contributed by atoms with Crippen LogP contribution in [0, 0.1) is 6.92 Å². The van der Waals surface area contributed by atoms with Crippen molar-refractivity contribution in [2.75, 3.05) is 31.1 Å². The molecule has 4 nitrogen and oxygen atoms in total. The van der Waals surface area contributed by atoms with Gasteiger partial charge in [-0.15, -0.1) is 0 Å². The minimum atomic E-state index is 0.289. The fourth-order valence-electron chi connectivity index (χ4n) is 2.70. The minimum Gasteiger partial charge on any atom is -0.369 e. The molecule has 4 heteroatoms. The molecule has 1 aliphatic heterocycles. The van der Waals surface area contributed by atoms with Crippen molar-refractivity contribution in [2.45, 2.75) is 53.4 Å². The molecule has 1 N–H and O–H groups in total. The van der Waals surface area contributed by atoms with Gasteiger partial charge in [-0.2, -0.15) is 0 Å². The van der Waals surface area contributed by atoms with E-state index in [1.165, 1.54) is 23.4 Å². The van der Waals surface area contributed by atoms with Gasteiger partial charge in [-0.05, 0) is 38.3 Å². The molecule has 0 bridgehead atoms. The smallest absolute Gasteiger partial charge is 0.129 e. The van der Waals surface area contributed by atoms with Crippen LogP contribution in [0.15, 0.2) is 12.3 Å². The van der Waals surface area contributed by atoms with E-state index in [-0.39, 0.29) is 5.78 Å². The summed E-state index contributed by atoms with van der Waals surface area (Å²) in [6.07, 6.45) is 5.98. The molecule has 0 radical (unpaired) electrons. The number of piperazine rings is 1. The highest BCUT2D eigenvalue weighted by atomic mass is 16.1. The molecule has 1 aliphatic rings. The van der Waals surface area contributed by atoms with E-state index in [2.05, 4.69) is 35.1 Å². The number of rotatable bonds is 5. The maximum Gasteiger partial charge on any atom is 0.129 e. The fraction of sp³-hybridized carbons (Fsp3) is 0.667. The van der Waals surface area contributed by atoms with Crippen LogP contribution in [-0.4, -0.2) is 36.9 Å². The Kier molecular flexibility index (Phi) is 8.75. The van der Waals surface area contributed by atoms with Crippen molar-refractivity contribution in [2.24, 2.45) is 0 Å². The van der Waals surface area contributed by atoms with Crippen molar-refractivity contribution < 1.29 is 4.79 Å². The average molecular weight is 305 g/mol. The Morgan fingerprint density at radius 1 is 1.27 bits per heavy atom. The molecule has 2 rings (SSSR count). The molecule has 22 heavy (non-hydrogen) atoms. The largest absolute Gasteiger partial charge is 0.369 e. The maximum atomic E-state index is 10.0. The Morgan fingerprint density at radius 2 is 1.95 bits per heavy atom. The number of hydrogen-bond donors (Lipinski definition) is 1. The van der Waals surface area contributed by atoms with Crippen LogP contribution < -0.4 is 10.2 Å². The lowest BCUT2D eigenvalue weighted by molar-refractivity contribution is -0.117. The number of ketones is 1. The van der Waals surface area contributed by atoms with Crippen LogP contribution in [0.5, 0.6) is 0 Å². The van der Waals surface area contributed by atoms with Gasteiger partial charge in [-0.3, -0.25) is 4.98 Å². The molecule has 1 aromatic rings. The first kappa shape index (κ1) is 18.6. The van der Waals surface area contributed by atoms with E-state index in [1.54, 1.807) is 6.92 Å². The average Bonchev–Trinajstić information content (AvgIpc) is 2.51. The fourth-order valence-corrected chi connectivity index (χ4v) is 2.70. The summed E-state index contributed by atoms with van der Waals surface area (Å²) in [4.78, 5) is 16.9. The van der Waals surface area contributed by atoms with Gasteiger partial charge in [0.05, 0.1) is 0 Å². The predicted octanol–water partition coefficient (Wildman–Crippen LogP) is 3.13. The van der Waals surface area contributed by atoms with Crippen LogP contribution in [0.25, 0.3) is 0 Å². The second kappa shape index (κ2) is 10.3. The molecule has 0 aromatic carbocycles. The van der Waals surface area contributed by atoms with Crippen LogP contribution in [0.4, 0.5) is 5.69 Å². The maximum absolute atomic E-state index is 10.0. The molecule has 0 spiro atoms. The third-order valence-electron chi connectivity index (χ3n) is 3.81. The number of hydrogen-bond acceptors (Lipinski definition) is 4. The molecule has 2 heterocycles. The van der Waals surface area contributed by atoms with Crippen LogP contribution in [0.2, 0.25) is 0 Å². The third-order valence-corrected chi connectivity index (χ3v) is 3.81. The van der Waals surface area contributed by atoms with Gasteiger partial charge in [-0.25, -0.2) is 0 Å². The number of anilines is 1. The van der Waals surface area contributed by atoms with Gasteiger partial charge in [0.1, 0.15) is 5.78 Å². The monoisotopic (exact) mass is 305 g/mol. The van der Waals surface area contributed by atoms with Crippen LogP contribution >= 0.6 is 0 Å². The first-order valence-electron chi connectivity index (χ1n) is 8.49. The van der Waals surface area contributed by atoms with Gasteiger partial charge in [0.2, 0.25) is 0 Å². The van der Waals surface area contributed by atoms with Gasteiger partial charge in [0.25, 0.3) is 0 Å². The molecule has 124 valence electrons. The minimum absolute atomic E-state index is 0.289. The number of carbonyl (C=O) groups is 1. The normalized spacial score (nSPS) is 14.3. The quantitative estimate of drug-likeness (QED) is 0.908. The SMILES string of the molecule is CCCC(C)=O.CCCc1c(N2CCNCC2)ccnc1C. The van der Waals surface area contributed by atoms with Crippen molar-refractivity contribution in [1.82, 2.24) is 10.3 Å². The summed E-state index contributed by atoms with van der Waals surface area (Å²) in [5.41, 5.74) is 4.03. The lowest BCUT2D eigenvalue weighted by atomic mass is 10.1. The number of nitrogens with zero attached hydrogens (tertiary/aromatic N) is 2. The standard InChI is InChI=1S/C13H21N3.C5H10O/c1-3-4-12-11(2)15-6-5-13(12)16-9-7-14-8-10-16;1-3-4-5(2)6/h5-6,14H,3-4,7-10H2,1-2H3;3-4H2,1-2H3. The summed E-state index contributed by atoms with van der Waals surface area (Å²) in [7, 11) is 0. The van der Waals surface area contributed by atoms with E-state index in [0.29, 0.717) is 0 Å². The van der Waals surface area contributed by atoms with Crippen LogP contribution in [0.3, 0.4) is 0 Å². The number of aromatic nitrogens is 1. The number of nitrogens with one attached hydrogen (secondary N) is 1. The summed E-state index contributed by atoms with van der Waals surface area (Å²) in [5.74, 6) is 0.289. The first-order chi connectivity index (χ1) is 10.6. The molecule has 0 atom stereocenters. The topological polar surface area (TPSA) is 45.2 Å². The molecule has 1 aromatic heterocycles. The summed E-state index contributed by atoms with van der Waals surface area (Å²) in [5, 5.41) is 3.39. The van der Waals surface area contributed by atoms with Crippen molar-refractivity contribution in [3.05, 3.63) is 23.5 Å². The van der Waals surface area contributed by atoms with E-state index in [0.717, 1.165) is 45.4 Å². The zero-order valence-corrected chi connectivity index (χ0v) is 14.6. The zero-order valence-electron chi connectivity index (χ0n) is 14.6. The van der Waals surface area contributed by atoms with E-state index >= 15 is 0 Å². The van der Waals surface area contributed by atoms with Crippen molar-refractivity contribution in [3.63, 3.8) is 0 Å². The van der Waals surface area contributed by atoms with E-state index in [1.807, 2.05) is 13.1 Å². The van der Waals surface area contributed by atoms with Gasteiger partial charge in [-0.1, -0.05) is 20.3 Å². The Morgan fingerprint density at radius 3 is 2.45 bits per heavy atom. The van der Waals surface area contributed by atoms with Crippen LogP contribution in [0.1, 0.15) is 51.3 Å². The number of pyridine rings is 1. The highest BCUT2D eigenvalue weighted by molar-refractivity contribution is 5.75. The third kappa shape index (κ3) is 6.14. The first-order valence-corrected chi connectivity index (χ1v) is 8.49. The van der Waals surface area contributed by atoms with Gasteiger partial charge < -0.3 is 15.0 Å². The number of Topliss-reactive ketones (excluding diaryl/α,β-unsaturated/α-hetero) is 1. The van der Waals surface area contributed by atoms with Crippen LogP contribution in [-0.2, 0) is 11.2 Å². The lowest BCUT2D eigenvalue weighted by Gasteiger charge is -2.31. The van der Waals surface area contributed by atoms with Crippen molar-refractivity contribution in [1.29, 1.82) is 0 Å². The molecule has 0 aliphatic carbocycles. The zero-order chi connectivity index (χ0) is 16.4. The summed E-state index contributed by atoms with van der Waals surface area (Å²) in [6.45, 7) is 12.4. The van der Waals surface area contributed by atoms with E-state index in [9.17, 15) is 4.79 Å². The number of carbonyl (C=O) groups excluding carboxylic acids is 1. The molecule has 0 amide bonds. The molecular formula is C18H31N3O. The number of aryl methyl sites for hydroxylation is 1. The van der Waals surface area contributed by atoms with Gasteiger partial charge >= 0.3 is 0 Å². The molecule has 1 fully saturated rings. The van der Waals surface area contributed by atoms with E-state index < -0.39 is 0 Å². The second-order valence-electron chi connectivity index (χ2n) is 5.83. The highest BCUT2D eigenvalue weighted by Gasteiger charge is 2.15. The Balaban J connectivity index is 0.000000346. The lowest BCUT2D eigenvalue weighted by Crippen LogP contribution is -2.44. The predicted molar refractivity (Wildman–Crippen MR) is 93.6 cm³/mol. The van der Waals surface area contributed by atoms with Crippen molar-refractivity contribution in [3.8, 4) is 0 Å². The van der Waals surface area contributed by atoms with E-state index in [4.69, 9.17) is 0 Å². The summed E-state index contributed by atoms with van der Waals surface area (Å²) < 4.78 is 0. The summed E-state index contributed by atoms with van der Waals surface area (Å²) in [6, 6.07) is 2.17. The highest BCUT2D eigenvalue weighted by Crippen LogP contribution is 2.23. The molecular weight excluding hydrogens is 274 g/mol. The summed E-state index contributed by atoms with van der Waals surface area (Å²) >= 11 is 0. The second-order valence-corrected chi connectivity index (χ2v) is 5.83. The molecule has 1 saturated heterocycles. The molecule has 0 unspecified atom stereocenters. The van der Waals surface area contributed by atoms with Gasteiger partial charge in [0.15, 0.2) is 0 Å². The van der Waals surface area contributed by atoms with Gasteiger partial charge in [0, 0.05) is 50.2 Å². The van der Waals surface area contributed by atoms with Crippen molar-refractivity contribution >= 4 is 11.5 Å². The molecule has 0 saturated carbocycles. The Labute approximate surface area is 135 Å². The Hall–Kier alpha value is -1.42. The Bertz CT molecular complexity index is 454.